The molecule has 0 radical (unpaired) electrons. The van der Waals surface area contributed by atoms with Crippen LogP contribution in [0.1, 0.15) is 37.3 Å². The van der Waals surface area contributed by atoms with Gasteiger partial charge in [0.05, 0.1) is 0 Å². The summed E-state index contributed by atoms with van der Waals surface area (Å²) in [4.78, 5) is 2.75. The quantitative estimate of drug-likeness (QED) is 0.897. The topological polar surface area (TPSA) is 15.3 Å². The predicted molar refractivity (Wildman–Crippen MR) is 80.2 cm³/mol. The van der Waals surface area contributed by atoms with Gasteiger partial charge in [0.25, 0.3) is 0 Å². The van der Waals surface area contributed by atoms with E-state index in [9.17, 15) is 0 Å². The van der Waals surface area contributed by atoms with Crippen molar-refractivity contribution in [2.45, 2.75) is 45.2 Å². The molecule has 1 saturated heterocycles. The Labute approximate surface area is 117 Å². The molecule has 0 bridgehead atoms. The predicted octanol–water partition coefficient (Wildman–Crippen LogP) is 2.82. The van der Waals surface area contributed by atoms with Gasteiger partial charge in [-0.15, -0.1) is 0 Å². The molecule has 1 unspecified atom stereocenters. The summed E-state index contributed by atoms with van der Waals surface area (Å²) < 4.78 is 0. The van der Waals surface area contributed by atoms with Crippen molar-refractivity contribution in [3.8, 4) is 0 Å². The van der Waals surface area contributed by atoms with Gasteiger partial charge in [-0.25, -0.2) is 0 Å². The fourth-order valence-electron chi connectivity index (χ4n) is 3.65. The SMILES string of the molecule is CCC1Cc2ccccc2CN1CC1CCNCC1. The third-order valence-electron chi connectivity index (χ3n) is 4.89. The fraction of sp³-hybridized carbons (Fsp3) is 0.647. The zero-order valence-electron chi connectivity index (χ0n) is 12.1. The highest BCUT2D eigenvalue weighted by molar-refractivity contribution is 5.30. The molecule has 2 heterocycles. The molecule has 0 aliphatic carbocycles. The summed E-state index contributed by atoms with van der Waals surface area (Å²) in [5.74, 6) is 0.903. The van der Waals surface area contributed by atoms with Gasteiger partial charge < -0.3 is 5.32 Å². The minimum Gasteiger partial charge on any atom is -0.317 e. The number of nitrogens with one attached hydrogen (secondary N) is 1. The van der Waals surface area contributed by atoms with E-state index >= 15 is 0 Å². The van der Waals surface area contributed by atoms with E-state index in [1.165, 1.54) is 51.9 Å². The highest BCUT2D eigenvalue weighted by Crippen LogP contribution is 2.27. The molecule has 0 saturated carbocycles. The number of rotatable bonds is 3. The van der Waals surface area contributed by atoms with Gasteiger partial charge in [0, 0.05) is 19.1 Å². The maximum absolute atomic E-state index is 3.47. The Balaban J connectivity index is 1.70. The van der Waals surface area contributed by atoms with Crippen LogP contribution in [0, 0.1) is 5.92 Å². The first kappa shape index (κ1) is 13.1. The Morgan fingerprint density at radius 1 is 1.16 bits per heavy atom. The van der Waals surface area contributed by atoms with E-state index in [1.54, 1.807) is 11.1 Å². The van der Waals surface area contributed by atoms with Crippen molar-refractivity contribution in [2.75, 3.05) is 19.6 Å². The van der Waals surface area contributed by atoms with Gasteiger partial charge in [0.1, 0.15) is 0 Å². The van der Waals surface area contributed by atoms with Crippen LogP contribution in [-0.2, 0) is 13.0 Å². The second kappa shape index (κ2) is 6.06. The summed E-state index contributed by atoms with van der Waals surface area (Å²) in [5.41, 5.74) is 3.14. The molecule has 0 amide bonds. The van der Waals surface area contributed by atoms with Gasteiger partial charge >= 0.3 is 0 Å². The monoisotopic (exact) mass is 258 g/mol. The van der Waals surface area contributed by atoms with Gasteiger partial charge in [-0.05, 0) is 55.8 Å². The second-order valence-electron chi connectivity index (χ2n) is 6.16. The van der Waals surface area contributed by atoms with E-state index < -0.39 is 0 Å². The molecule has 2 aliphatic rings. The summed E-state index contributed by atoms with van der Waals surface area (Å²) in [5, 5.41) is 3.47. The lowest BCUT2D eigenvalue weighted by Gasteiger charge is -2.39. The van der Waals surface area contributed by atoms with Crippen LogP contribution in [0.15, 0.2) is 24.3 Å². The number of nitrogens with zero attached hydrogens (tertiary/aromatic N) is 1. The average molecular weight is 258 g/mol. The smallest absolute Gasteiger partial charge is 0.0239 e. The summed E-state index contributed by atoms with van der Waals surface area (Å²) >= 11 is 0. The largest absolute Gasteiger partial charge is 0.317 e. The van der Waals surface area contributed by atoms with Gasteiger partial charge in [-0.3, -0.25) is 4.90 Å². The van der Waals surface area contributed by atoms with Crippen LogP contribution < -0.4 is 5.32 Å². The lowest BCUT2D eigenvalue weighted by atomic mass is 9.90. The summed E-state index contributed by atoms with van der Waals surface area (Å²) in [6.07, 6.45) is 5.24. The van der Waals surface area contributed by atoms with Crippen molar-refractivity contribution in [1.82, 2.24) is 10.2 Å². The number of hydrogen-bond acceptors (Lipinski definition) is 2. The summed E-state index contributed by atoms with van der Waals surface area (Å²) in [7, 11) is 0. The van der Waals surface area contributed by atoms with Crippen molar-refractivity contribution in [2.24, 2.45) is 5.92 Å². The van der Waals surface area contributed by atoms with E-state index in [0.717, 1.165) is 12.0 Å². The van der Waals surface area contributed by atoms with Crippen LogP contribution in [0.2, 0.25) is 0 Å². The maximum Gasteiger partial charge on any atom is 0.0239 e. The maximum atomic E-state index is 3.47. The van der Waals surface area contributed by atoms with Crippen molar-refractivity contribution < 1.29 is 0 Å². The summed E-state index contributed by atoms with van der Waals surface area (Å²) in [6.45, 7) is 7.24. The number of fused-ring (bicyclic) bond motifs is 1. The molecule has 1 N–H and O–H groups in total. The average Bonchev–Trinajstić information content (AvgIpc) is 2.47. The standard InChI is InChI=1S/C17H26N2/c1-2-17-11-15-5-3-4-6-16(15)13-19(17)12-14-7-9-18-10-8-14/h3-6,14,17-18H,2,7-13H2,1H3. The number of piperidine rings is 1. The van der Waals surface area contributed by atoms with E-state index in [1.807, 2.05) is 0 Å². The molecule has 3 rings (SSSR count). The Morgan fingerprint density at radius 2 is 1.89 bits per heavy atom. The highest BCUT2D eigenvalue weighted by atomic mass is 15.2. The lowest BCUT2D eigenvalue weighted by Crippen LogP contribution is -2.44. The molecular weight excluding hydrogens is 232 g/mol. The molecule has 2 nitrogen and oxygen atoms in total. The van der Waals surface area contributed by atoms with E-state index in [2.05, 4.69) is 41.4 Å². The molecule has 104 valence electrons. The third-order valence-corrected chi connectivity index (χ3v) is 4.89. The molecule has 1 fully saturated rings. The second-order valence-corrected chi connectivity index (χ2v) is 6.16. The van der Waals surface area contributed by atoms with Crippen LogP contribution in [-0.4, -0.2) is 30.6 Å². The van der Waals surface area contributed by atoms with Crippen molar-refractivity contribution in [3.63, 3.8) is 0 Å². The lowest BCUT2D eigenvalue weighted by molar-refractivity contribution is 0.128. The molecule has 0 aromatic heterocycles. The van der Waals surface area contributed by atoms with E-state index in [-0.39, 0.29) is 0 Å². The minimum absolute atomic E-state index is 0.754. The molecule has 2 heteroatoms. The van der Waals surface area contributed by atoms with Crippen LogP contribution in [0.5, 0.6) is 0 Å². The van der Waals surface area contributed by atoms with Crippen molar-refractivity contribution in [3.05, 3.63) is 35.4 Å². The molecular formula is C17H26N2. The highest BCUT2D eigenvalue weighted by Gasteiger charge is 2.27. The molecule has 1 aromatic rings. The fourth-order valence-corrected chi connectivity index (χ4v) is 3.65. The Kier molecular flexibility index (Phi) is 4.19. The van der Waals surface area contributed by atoms with E-state index in [0.29, 0.717) is 0 Å². The molecule has 0 spiro atoms. The summed E-state index contributed by atoms with van der Waals surface area (Å²) in [6, 6.07) is 9.77. The van der Waals surface area contributed by atoms with E-state index in [4.69, 9.17) is 0 Å². The first-order valence-corrected chi connectivity index (χ1v) is 7.88. The minimum atomic E-state index is 0.754. The van der Waals surface area contributed by atoms with Gasteiger partial charge in [0.15, 0.2) is 0 Å². The van der Waals surface area contributed by atoms with Crippen LogP contribution in [0.3, 0.4) is 0 Å². The first-order valence-electron chi connectivity index (χ1n) is 7.88. The number of benzene rings is 1. The Morgan fingerprint density at radius 3 is 2.63 bits per heavy atom. The van der Waals surface area contributed by atoms with Crippen LogP contribution in [0.25, 0.3) is 0 Å². The first-order chi connectivity index (χ1) is 9.36. The normalized spacial score (nSPS) is 25.2. The van der Waals surface area contributed by atoms with Gasteiger partial charge in [0.2, 0.25) is 0 Å². The van der Waals surface area contributed by atoms with Crippen LogP contribution >= 0.6 is 0 Å². The van der Waals surface area contributed by atoms with Gasteiger partial charge in [-0.1, -0.05) is 31.2 Å². The molecule has 1 aromatic carbocycles. The zero-order valence-corrected chi connectivity index (χ0v) is 12.1. The third kappa shape index (κ3) is 3.01. The molecule has 19 heavy (non-hydrogen) atoms. The molecule has 1 atom stereocenters. The Hall–Kier alpha value is -0.860. The Bertz CT molecular complexity index is 409. The van der Waals surface area contributed by atoms with Gasteiger partial charge in [-0.2, -0.15) is 0 Å². The van der Waals surface area contributed by atoms with Crippen molar-refractivity contribution in [1.29, 1.82) is 0 Å². The molecule has 2 aliphatic heterocycles. The van der Waals surface area contributed by atoms with Crippen LogP contribution in [0.4, 0.5) is 0 Å². The van der Waals surface area contributed by atoms with Crippen molar-refractivity contribution >= 4 is 0 Å². The number of hydrogen-bond donors (Lipinski definition) is 1. The zero-order chi connectivity index (χ0) is 13.1.